The average molecular weight is 297 g/mol. The van der Waals surface area contributed by atoms with Crippen LogP contribution >= 0.6 is 0 Å². The largest absolute Gasteiger partial charge is 0.354 e. The lowest BCUT2D eigenvalue weighted by Crippen LogP contribution is -2.47. The van der Waals surface area contributed by atoms with Gasteiger partial charge in [-0.05, 0) is 42.9 Å². The van der Waals surface area contributed by atoms with E-state index in [-0.39, 0.29) is 24.3 Å². The molecule has 0 radical (unpaired) electrons. The minimum absolute atomic E-state index is 0.0114. The van der Waals surface area contributed by atoms with Crippen LogP contribution in [0.1, 0.15) is 53.4 Å². The fourth-order valence-electron chi connectivity index (χ4n) is 2.57. The van der Waals surface area contributed by atoms with Gasteiger partial charge in [0.15, 0.2) is 0 Å². The fraction of sp³-hybridized carbons (Fsp3) is 0.875. The van der Waals surface area contributed by atoms with Crippen molar-refractivity contribution in [2.24, 2.45) is 23.0 Å². The molecule has 0 aromatic heterocycles. The first kappa shape index (κ1) is 18.0. The van der Waals surface area contributed by atoms with E-state index in [0.717, 1.165) is 12.8 Å². The van der Waals surface area contributed by atoms with Crippen molar-refractivity contribution >= 4 is 11.8 Å². The molecule has 5 heteroatoms. The Labute approximate surface area is 128 Å². The second-order valence-electron chi connectivity index (χ2n) is 7.40. The molecule has 4 N–H and O–H groups in total. The van der Waals surface area contributed by atoms with Crippen molar-refractivity contribution < 1.29 is 9.59 Å². The Morgan fingerprint density at radius 1 is 1.19 bits per heavy atom. The van der Waals surface area contributed by atoms with Gasteiger partial charge >= 0.3 is 0 Å². The zero-order valence-electron chi connectivity index (χ0n) is 13.9. The van der Waals surface area contributed by atoms with Crippen molar-refractivity contribution in [3.63, 3.8) is 0 Å². The van der Waals surface area contributed by atoms with E-state index in [1.165, 1.54) is 12.8 Å². The quantitative estimate of drug-likeness (QED) is 0.693. The summed E-state index contributed by atoms with van der Waals surface area (Å²) in [4.78, 5) is 23.4. The molecule has 0 spiro atoms. The molecule has 0 heterocycles. The summed E-state index contributed by atoms with van der Waals surface area (Å²) in [5.74, 6) is 0.234. The Morgan fingerprint density at radius 2 is 1.76 bits per heavy atom. The number of carbonyl (C=O) groups excluding carboxylic acids is 2. The van der Waals surface area contributed by atoms with Gasteiger partial charge in [-0.3, -0.25) is 9.59 Å². The molecule has 0 unspecified atom stereocenters. The monoisotopic (exact) mass is 297 g/mol. The first-order valence-electron chi connectivity index (χ1n) is 8.01. The van der Waals surface area contributed by atoms with E-state index in [1.54, 1.807) is 0 Å². The molecule has 0 aromatic carbocycles. The van der Waals surface area contributed by atoms with Crippen molar-refractivity contribution in [1.29, 1.82) is 0 Å². The summed E-state index contributed by atoms with van der Waals surface area (Å²) in [6.07, 6.45) is 4.76. The molecule has 122 valence electrons. The van der Waals surface area contributed by atoms with Crippen LogP contribution in [0.4, 0.5) is 0 Å². The van der Waals surface area contributed by atoms with Gasteiger partial charge in [0.25, 0.3) is 0 Å². The number of hydrogen-bond acceptors (Lipinski definition) is 3. The molecule has 0 aromatic rings. The van der Waals surface area contributed by atoms with Crippen LogP contribution in [0, 0.1) is 17.3 Å². The van der Waals surface area contributed by atoms with Gasteiger partial charge in [-0.2, -0.15) is 0 Å². The summed E-state index contributed by atoms with van der Waals surface area (Å²) < 4.78 is 0. The summed E-state index contributed by atoms with van der Waals surface area (Å²) in [5, 5.41) is 5.50. The average Bonchev–Trinajstić information content (AvgIpc) is 2.42. The topological polar surface area (TPSA) is 84.2 Å². The third-order valence-electron chi connectivity index (χ3n) is 4.49. The summed E-state index contributed by atoms with van der Waals surface area (Å²) in [6.45, 7) is 9.09. The van der Waals surface area contributed by atoms with Crippen LogP contribution in [0.25, 0.3) is 0 Å². The van der Waals surface area contributed by atoms with E-state index >= 15 is 0 Å². The number of nitrogens with one attached hydrogen (secondary N) is 2. The van der Waals surface area contributed by atoms with Gasteiger partial charge in [-0.15, -0.1) is 0 Å². The highest BCUT2D eigenvalue weighted by Gasteiger charge is 2.26. The molecule has 0 aliphatic heterocycles. The Hall–Kier alpha value is -1.10. The van der Waals surface area contributed by atoms with Gasteiger partial charge < -0.3 is 16.4 Å². The molecule has 0 saturated heterocycles. The van der Waals surface area contributed by atoms with Crippen LogP contribution in [0.3, 0.4) is 0 Å². The first-order chi connectivity index (χ1) is 9.71. The predicted octanol–water partition coefficient (Wildman–Crippen LogP) is 1.42. The van der Waals surface area contributed by atoms with Crippen molar-refractivity contribution in [3.8, 4) is 0 Å². The Bertz CT molecular complexity index is 357. The third kappa shape index (κ3) is 6.46. The van der Waals surface area contributed by atoms with Crippen molar-refractivity contribution in [2.75, 3.05) is 13.1 Å². The van der Waals surface area contributed by atoms with Gasteiger partial charge in [-0.25, -0.2) is 0 Å². The third-order valence-corrected chi connectivity index (χ3v) is 4.49. The number of carbonyl (C=O) groups is 2. The molecule has 1 fully saturated rings. The number of amides is 2. The van der Waals surface area contributed by atoms with E-state index < -0.39 is 6.04 Å². The van der Waals surface area contributed by atoms with Crippen LogP contribution in [-0.4, -0.2) is 30.9 Å². The summed E-state index contributed by atoms with van der Waals surface area (Å²) >= 11 is 0. The first-order valence-corrected chi connectivity index (χ1v) is 8.01. The molecule has 5 nitrogen and oxygen atoms in total. The SMILES string of the molecule is CC(C)[C@H](N)C(=O)NCC(=O)NCC1CCC(C)(C)CC1. The lowest BCUT2D eigenvalue weighted by molar-refractivity contribution is -0.127. The standard InChI is InChI=1S/C16H31N3O2/c1-11(2)14(17)15(21)19-10-13(20)18-9-12-5-7-16(3,4)8-6-12/h11-12,14H,5-10,17H2,1-4H3,(H,18,20)(H,19,21)/t14-/m0/s1. The van der Waals surface area contributed by atoms with Crippen molar-refractivity contribution in [2.45, 2.75) is 59.4 Å². The van der Waals surface area contributed by atoms with E-state index in [2.05, 4.69) is 24.5 Å². The second-order valence-corrected chi connectivity index (χ2v) is 7.40. The highest BCUT2D eigenvalue weighted by atomic mass is 16.2. The smallest absolute Gasteiger partial charge is 0.239 e. The van der Waals surface area contributed by atoms with Gasteiger partial charge in [0, 0.05) is 6.54 Å². The number of nitrogens with two attached hydrogens (primary N) is 1. The van der Waals surface area contributed by atoms with Crippen LogP contribution in [0.5, 0.6) is 0 Å². The predicted molar refractivity (Wildman–Crippen MR) is 84.6 cm³/mol. The molecule has 1 rings (SSSR count). The molecule has 2 amide bonds. The molecular weight excluding hydrogens is 266 g/mol. The maximum Gasteiger partial charge on any atom is 0.239 e. The van der Waals surface area contributed by atoms with Crippen molar-refractivity contribution in [3.05, 3.63) is 0 Å². The molecule has 0 bridgehead atoms. The summed E-state index contributed by atoms with van der Waals surface area (Å²) in [6, 6.07) is -0.557. The number of rotatable bonds is 6. The van der Waals surface area contributed by atoms with E-state index in [9.17, 15) is 9.59 Å². The normalized spacial score (nSPS) is 20.1. The maximum atomic E-state index is 11.7. The number of hydrogen-bond donors (Lipinski definition) is 3. The minimum Gasteiger partial charge on any atom is -0.354 e. The molecule has 1 atom stereocenters. The fourth-order valence-corrected chi connectivity index (χ4v) is 2.57. The molecule has 21 heavy (non-hydrogen) atoms. The molecular formula is C16H31N3O2. The van der Waals surface area contributed by atoms with Crippen LogP contribution < -0.4 is 16.4 Å². The lowest BCUT2D eigenvalue weighted by Gasteiger charge is -2.34. The van der Waals surface area contributed by atoms with E-state index in [4.69, 9.17) is 5.73 Å². The highest BCUT2D eigenvalue weighted by molar-refractivity contribution is 5.87. The van der Waals surface area contributed by atoms with Crippen LogP contribution in [0.2, 0.25) is 0 Å². The zero-order chi connectivity index (χ0) is 16.0. The van der Waals surface area contributed by atoms with Crippen molar-refractivity contribution in [1.82, 2.24) is 10.6 Å². The molecule has 1 aliphatic carbocycles. The van der Waals surface area contributed by atoms with Gasteiger partial charge in [0.05, 0.1) is 12.6 Å². The Morgan fingerprint density at radius 3 is 2.29 bits per heavy atom. The Balaban J connectivity index is 2.19. The minimum atomic E-state index is -0.557. The second kappa shape index (κ2) is 7.78. The zero-order valence-corrected chi connectivity index (χ0v) is 13.9. The van der Waals surface area contributed by atoms with Crippen LogP contribution in [0.15, 0.2) is 0 Å². The van der Waals surface area contributed by atoms with Gasteiger partial charge in [0.1, 0.15) is 0 Å². The van der Waals surface area contributed by atoms with Gasteiger partial charge in [0.2, 0.25) is 11.8 Å². The Kier molecular flexibility index (Phi) is 6.65. The summed E-state index contributed by atoms with van der Waals surface area (Å²) in [7, 11) is 0. The highest BCUT2D eigenvalue weighted by Crippen LogP contribution is 2.37. The maximum absolute atomic E-state index is 11.7. The van der Waals surface area contributed by atoms with Gasteiger partial charge in [-0.1, -0.05) is 27.7 Å². The van der Waals surface area contributed by atoms with E-state index in [0.29, 0.717) is 17.9 Å². The summed E-state index contributed by atoms with van der Waals surface area (Å²) in [5.41, 5.74) is 6.16. The van der Waals surface area contributed by atoms with E-state index in [1.807, 2.05) is 13.8 Å². The molecule has 1 saturated carbocycles. The molecule has 1 aliphatic rings. The lowest BCUT2D eigenvalue weighted by atomic mass is 9.73. The van der Waals surface area contributed by atoms with Crippen LogP contribution in [-0.2, 0) is 9.59 Å².